The largest absolute Gasteiger partial charge is 0.491 e. The third kappa shape index (κ3) is 3.57. The van der Waals surface area contributed by atoms with Crippen LogP contribution in [0.15, 0.2) is 18.2 Å². The molecule has 3 rings (SSSR count). The normalized spacial score (nSPS) is 28.8. The Labute approximate surface area is 126 Å². The van der Waals surface area contributed by atoms with E-state index in [0.29, 0.717) is 31.4 Å². The van der Waals surface area contributed by atoms with Crippen LogP contribution in [0.4, 0.5) is 0 Å². The first-order valence-electron chi connectivity index (χ1n) is 7.89. The van der Waals surface area contributed by atoms with Gasteiger partial charge in [-0.15, -0.1) is 0 Å². The minimum absolute atomic E-state index is 0.318. The molecule has 2 heterocycles. The highest BCUT2D eigenvalue weighted by Crippen LogP contribution is 2.34. The van der Waals surface area contributed by atoms with Crippen molar-refractivity contribution in [3.63, 3.8) is 0 Å². The van der Waals surface area contributed by atoms with Crippen LogP contribution in [0.25, 0.3) is 0 Å². The van der Waals surface area contributed by atoms with Crippen molar-refractivity contribution in [1.82, 2.24) is 5.32 Å². The smallest absolute Gasteiger partial charge is 0.122 e. The monoisotopic (exact) mass is 291 g/mol. The van der Waals surface area contributed by atoms with E-state index in [1.807, 2.05) is 26.0 Å². The maximum atomic E-state index is 10.1. The Morgan fingerprint density at radius 2 is 2.24 bits per heavy atom. The molecule has 0 aromatic heterocycles. The molecule has 2 N–H and O–H groups in total. The van der Waals surface area contributed by atoms with Crippen molar-refractivity contribution in [1.29, 1.82) is 0 Å². The molecule has 2 aliphatic rings. The van der Waals surface area contributed by atoms with Crippen LogP contribution in [0.1, 0.15) is 30.4 Å². The van der Waals surface area contributed by atoms with Crippen molar-refractivity contribution >= 4 is 0 Å². The second-order valence-corrected chi connectivity index (χ2v) is 6.36. The Morgan fingerprint density at radius 1 is 1.38 bits per heavy atom. The topological polar surface area (TPSA) is 50.7 Å². The molecule has 1 aromatic carbocycles. The van der Waals surface area contributed by atoms with Gasteiger partial charge in [-0.25, -0.2) is 0 Å². The summed E-state index contributed by atoms with van der Waals surface area (Å²) in [4.78, 5) is 0. The summed E-state index contributed by atoms with van der Waals surface area (Å²) in [5, 5.41) is 13.5. The van der Waals surface area contributed by atoms with Crippen molar-refractivity contribution in [2.75, 3.05) is 13.2 Å². The van der Waals surface area contributed by atoms with Crippen LogP contribution in [-0.4, -0.2) is 42.6 Å². The van der Waals surface area contributed by atoms with E-state index in [1.54, 1.807) is 0 Å². The van der Waals surface area contributed by atoms with Crippen molar-refractivity contribution in [2.24, 2.45) is 0 Å². The Balaban J connectivity index is 1.42. The molecule has 0 spiro atoms. The van der Waals surface area contributed by atoms with Gasteiger partial charge in [0.2, 0.25) is 0 Å². The summed E-state index contributed by atoms with van der Waals surface area (Å²) < 4.78 is 11.5. The summed E-state index contributed by atoms with van der Waals surface area (Å²) in [5.41, 5.74) is 2.27. The number of hydrogen-bond acceptors (Lipinski definition) is 4. The highest BCUT2D eigenvalue weighted by molar-refractivity contribution is 5.35. The zero-order valence-electron chi connectivity index (χ0n) is 12.8. The van der Waals surface area contributed by atoms with Gasteiger partial charge in [-0.3, -0.25) is 0 Å². The fourth-order valence-corrected chi connectivity index (χ4v) is 3.25. The zero-order valence-corrected chi connectivity index (χ0v) is 12.8. The molecule has 2 bridgehead atoms. The summed E-state index contributed by atoms with van der Waals surface area (Å²) >= 11 is 0. The number of nitrogens with one attached hydrogen (secondary N) is 1. The molecule has 0 amide bonds. The quantitative estimate of drug-likeness (QED) is 0.841. The number of hydrogen-bond donors (Lipinski definition) is 2. The van der Waals surface area contributed by atoms with E-state index in [-0.39, 0.29) is 0 Å². The molecule has 2 saturated heterocycles. The van der Waals surface area contributed by atoms with Crippen LogP contribution in [0, 0.1) is 13.8 Å². The highest BCUT2D eigenvalue weighted by atomic mass is 16.5. The van der Waals surface area contributed by atoms with E-state index >= 15 is 0 Å². The number of aliphatic hydroxyl groups is 1. The standard InChI is InChI=1S/C17H25NO3/c1-11-3-4-12(2)17(7-11)20-10-13(19)9-18-15-8-14-5-6-16(15)21-14/h3-4,7,13-16,18-19H,5-6,8-10H2,1-2H3. The number of fused-ring (bicyclic) bond motifs is 2. The number of ether oxygens (including phenoxy) is 2. The lowest BCUT2D eigenvalue weighted by molar-refractivity contribution is 0.0852. The van der Waals surface area contributed by atoms with E-state index in [0.717, 1.165) is 24.2 Å². The lowest BCUT2D eigenvalue weighted by Gasteiger charge is -2.22. The van der Waals surface area contributed by atoms with Gasteiger partial charge in [-0.2, -0.15) is 0 Å². The highest BCUT2D eigenvalue weighted by Gasteiger charge is 2.40. The van der Waals surface area contributed by atoms with Crippen LogP contribution in [0.3, 0.4) is 0 Å². The van der Waals surface area contributed by atoms with Gasteiger partial charge in [0.15, 0.2) is 0 Å². The van der Waals surface area contributed by atoms with E-state index in [9.17, 15) is 5.11 Å². The van der Waals surface area contributed by atoms with Crippen molar-refractivity contribution < 1.29 is 14.6 Å². The number of aliphatic hydroxyl groups excluding tert-OH is 1. The first kappa shape index (κ1) is 14.8. The summed E-state index contributed by atoms with van der Waals surface area (Å²) in [6.45, 7) is 4.94. The van der Waals surface area contributed by atoms with Crippen LogP contribution < -0.4 is 10.1 Å². The lowest BCUT2D eigenvalue weighted by atomic mass is 9.95. The molecule has 0 saturated carbocycles. The number of benzene rings is 1. The van der Waals surface area contributed by atoms with Crippen molar-refractivity contribution in [3.05, 3.63) is 29.3 Å². The molecule has 2 fully saturated rings. The van der Waals surface area contributed by atoms with E-state index in [1.165, 1.54) is 12.0 Å². The van der Waals surface area contributed by atoms with Crippen molar-refractivity contribution in [2.45, 2.75) is 57.5 Å². The second kappa shape index (κ2) is 6.34. The van der Waals surface area contributed by atoms with Gasteiger partial charge in [0.05, 0.1) is 12.2 Å². The van der Waals surface area contributed by atoms with Gasteiger partial charge < -0.3 is 19.9 Å². The molecule has 4 nitrogen and oxygen atoms in total. The fraction of sp³-hybridized carbons (Fsp3) is 0.647. The first-order valence-corrected chi connectivity index (χ1v) is 7.89. The molecule has 4 atom stereocenters. The average molecular weight is 291 g/mol. The summed E-state index contributed by atoms with van der Waals surface area (Å²) in [6, 6.07) is 6.52. The Hall–Kier alpha value is -1.10. The lowest BCUT2D eigenvalue weighted by Crippen LogP contribution is -2.42. The maximum absolute atomic E-state index is 10.1. The van der Waals surface area contributed by atoms with E-state index < -0.39 is 6.10 Å². The molecule has 0 aliphatic carbocycles. The Kier molecular flexibility index (Phi) is 4.48. The van der Waals surface area contributed by atoms with Crippen LogP contribution in [-0.2, 0) is 4.74 Å². The molecule has 0 radical (unpaired) electrons. The molecular formula is C17H25NO3. The average Bonchev–Trinajstić information content (AvgIpc) is 3.08. The maximum Gasteiger partial charge on any atom is 0.122 e. The first-order chi connectivity index (χ1) is 10.1. The molecule has 4 unspecified atom stereocenters. The third-order valence-electron chi connectivity index (χ3n) is 4.50. The van der Waals surface area contributed by atoms with Crippen LogP contribution in [0.5, 0.6) is 5.75 Å². The minimum Gasteiger partial charge on any atom is -0.491 e. The number of aryl methyl sites for hydroxylation is 2. The fourth-order valence-electron chi connectivity index (χ4n) is 3.25. The molecular weight excluding hydrogens is 266 g/mol. The number of rotatable bonds is 6. The predicted octanol–water partition coefficient (Wildman–Crippen LogP) is 1.95. The molecule has 2 aliphatic heterocycles. The van der Waals surface area contributed by atoms with Gasteiger partial charge in [-0.05, 0) is 50.3 Å². The van der Waals surface area contributed by atoms with Gasteiger partial charge in [-0.1, -0.05) is 12.1 Å². The summed E-state index contributed by atoms with van der Waals surface area (Å²) in [6.07, 6.45) is 3.72. The van der Waals surface area contributed by atoms with Gasteiger partial charge in [0, 0.05) is 12.6 Å². The molecule has 116 valence electrons. The second-order valence-electron chi connectivity index (χ2n) is 6.36. The van der Waals surface area contributed by atoms with Crippen LogP contribution >= 0.6 is 0 Å². The van der Waals surface area contributed by atoms with Crippen LogP contribution in [0.2, 0.25) is 0 Å². The molecule has 1 aromatic rings. The van der Waals surface area contributed by atoms with E-state index in [4.69, 9.17) is 9.47 Å². The van der Waals surface area contributed by atoms with Gasteiger partial charge in [0.1, 0.15) is 18.5 Å². The summed E-state index contributed by atoms with van der Waals surface area (Å²) in [7, 11) is 0. The predicted molar refractivity (Wildman–Crippen MR) is 81.7 cm³/mol. The zero-order chi connectivity index (χ0) is 14.8. The van der Waals surface area contributed by atoms with Crippen molar-refractivity contribution in [3.8, 4) is 5.75 Å². The Bertz CT molecular complexity index is 491. The van der Waals surface area contributed by atoms with Gasteiger partial charge in [0.25, 0.3) is 0 Å². The molecule has 4 heteroatoms. The SMILES string of the molecule is Cc1ccc(C)c(OCC(O)CNC2CC3CCC2O3)c1. The summed E-state index contributed by atoms with van der Waals surface area (Å²) in [5.74, 6) is 0.859. The Morgan fingerprint density at radius 3 is 2.95 bits per heavy atom. The third-order valence-corrected chi connectivity index (χ3v) is 4.50. The van der Waals surface area contributed by atoms with E-state index in [2.05, 4.69) is 11.4 Å². The van der Waals surface area contributed by atoms with Gasteiger partial charge >= 0.3 is 0 Å². The molecule has 21 heavy (non-hydrogen) atoms. The minimum atomic E-state index is -0.496.